The SMILES string of the molecule is CC(C)COc1ccc(CN(Cc2coc(C(F)F)n2)C2=NC3(CCN(C)CC3)ON2)cc1. The molecule has 1 fully saturated rings. The molecule has 0 bridgehead atoms. The van der Waals surface area contributed by atoms with Crippen molar-refractivity contribution in [3.8, 4) is 5.75 Å². The minimum Gasteiger partial charge on any atom is -0.493 e. The molecule has 1 saturated heterocycles. The Morgan fingerprint density at radius 2 is 1.91 bits per heavy atom. The lowest BCUT2D eigenvalue weighted by atomic mass is 10.0. The van der Waals surface area contributed by atoms with Crippen LogP contribution in [0, 0.1) is 5.92 Å². The molecule has 2 aliphatic heterocycles. The van der Waals surface area contributed by atoms with Gasteiger partial charge >= 0.3 is 6.43 Å². The zero-order chi connectivity index (χ0) is 23.4. The summed E-state index contributed by atoms with van der Waals surface area (Å²) < 4.78 is 36.6. The third kappa shape index (κ3) is 6.00. The van der Waals surface area contributed by atoms with Crippen LogP contribution in [-0.4, -0.2) is 53.2 Å². The van der Waals surface area contributed by atoms with E-state index in [9.17, 15) is 8.78 Å². The highest BCUT2D eigenvalue weighted by Crippen LogP contribution is 2.30. The van der Waals surface area contributed by atoms with Crippen molar-refractivity contribution < 1.29 is 22.8 Å². The van der Waals surface area contributed by atoms with Gasteiger partial charge in [0.1, 0.15) is 12.0 Å². The zero-order valence-electron chi connectivity index (χ0n) is 19.3. The quantitative estimate of drug-likeness (QED) is 0.635. The summed E-state index contributed by atoms with van der Waals surface area (Å²) in [5.74, 6) is 1.23. The molecule has 0 aliphatic carbocycles. The second kappa shape index (κ2) is 10.0. The largest absolute Gasteiger partial charge is 0.493 e. The van der Waals surface area contributed by atoms with E-state index in [-0.39, 0.29) is 6.54 Å². The van der Waals surface area contributed by atoms with Crippen LogP contribution in [0.5, 0.6) is 5.75 Å². The fourth-order valence-corrected chi connectivity index (χ4v) is 3.77. The van der Waals surface area contributed by atoms with E-state index in [4.69, 9.17) is 19.0 Å². The predicted molar refractivity (Wildman–Crippen MR) is 119 cm³/mol. The maximum absolute atomic E-state index is 12.9. The van der Waals surface area contributed by atoms with Crippen LogP contribution in [0.2, 0.25) is 0 Å². The fraction of sp³-hybridized carbons (Fsp3) is 0.565. The van der Waals surface area contributed by atoms with Crippen LogP contribution in [0.1, 0.15) is 50.3 Å². The predicted octanol–water partition coefficient (Wildman–Crippen LogP) is 3.96. The topological polar surface area (TPSA) is 75.4 Å². The van der Waals surface area contributed by atoms with Gasteiger partial charge in [-0.05, 0) is 30.7 Å². The number of likely N-dealkylation sites (tertiary alicyclic amines) is 1. The summed E-state index contributed by atoms with van der Waals surface area (Å²) in [4.78, 5) is 18.9. The number of oxazole rings is 1. The van der Waals surface area contributed by atoms with E-state index < -0.39 is 18.0 Å². The minimum absolute atomic E-state index is 0.243. The molecule has 2 aromatic rings. The van der Waals surface area contributed by atoms with Crippen LogP contribution < -0.4 is 10.2 Å². The lowest BCUT2D eigenvalue weighted by Crippen LogP contribution is -2.43. The van der Waals surface area contributed by atoms with Gasteiger partial charge in [-0.25, -0.2) is 20.3 Å². The van der Waals surface area contributed by atoms with Crippen molar-refractivity contribution in [2.45, 2.75) is 51.9 Å². The molecule has 8 nitrogen and oxygen atoms in total. The average Bonchev–Trinajstić information content (AvgIpc) is 3.43. The standard InChI is InChI=1S/C23H31F2N5O3/c1-16(2)14-31-19-6-4-17(5-7-19)12-30(13-18-15-32-21(26-18)20(24)25)22-27-23(33-28-22)8-10-29(3)11-9-23/h4-7,15-16,20H,8-14H2,1-3H3,(H,27,28). The van der Waals surface area contributed by atoms with Gasteiger partial charge in [0.05, 0.1) is 18.8 Å². The number of hydroxylamine groups is 1. The molecule has 0 saturated carbocycles. The highest BCUT2D eigenvalue weighted by Gasteiger charge is 2.40. The number of hydrogen-bond acceptors (Lipinski definition) is 8. The number of nitrogens with one attached hydrogen (secondary N) is 1. The molecule has 1 aromatic carbocycles. The Kier molecular flexibility index (Phi) is 7.14. The van der Waals surface area contributed by atoms with Gasteiger partial charge < -0.3 is 19.0 Å². The molecule has 4 rings (SSSR count). The van der Waals surface area contributed by atoms with Gasteiger partial charge in [0.15, 0.2) is 5.72 Å². The Morgan fingerprint density at radius 1 is 1.18 bits per heavy atom. The Bertz CT molecular complexity index is 940. The number of aromatic nitrogens is 1. The summed E-state index contributed by atoms with van der Waals surface area (Å²) in [6.07, 6.45) is 0.0575. The number of benzene rings is 1. The second-order valence-electron chi connectivity index (χ2n) is 9.07. The summed E-state index contributed by atoms with van der Waals surface area (Å²) >= 11 is 0. The highest BCUT2D eigenvalue weighted by atomic mass is 19.3. The van der Waals surface area contributed by atoms with Gasteiger partial charge in [0.25, 0.3) is 5.89 Å². The summed E-state index contributed by atoms with van der Waals surface area (Å²) in [5, 5.41) is 0. The summed E-state index contributed by atoms with van der Waals surface area (Å²) in [6, 6.07) is 7.83. The Hall–Kier alpha value is -2.72. The molecular weight excluding hydrogens is 432 g/mol. The Balaban J connectivity index is 1.51. The third-order valence-electron chi connectivity index (χ3n) is 5.70. The Labute approximate surface area is 192 Å². The van der Waals surface area contributed by atoms with Gasteiger partial charge in [-0.3, -0.25) is 0 Å². The number of alkyl halides is 2. The van der Waals surface area contributed by atoms with Crippen molar-refractivity contribution >= 4 is 5.96 Å². The molecule has 2 aliphatic rings. The molecular formula is C23H31F2N5O3. The van der Waals surface area contributed by atoms with Crippen LogP contribution in [0.4, 0.5) is 8.78 Å². The van der Waals surface area contributed by atoms with Gasteiger partial charge in [-0.2, -0.15) is 8.78 Å². The van der Waals surface area contributed by atoms with Crippen molar-refractivity contribution in [2.75, 3.05) is 26.7 Å². The fourth-order valence-electron chi connectivity index (χ4n) is 3.77. The lowest BCUT2D eigenvalue weighted by molar-refractivity contribution is -0.0875. The van der Waals surface area contributed by atoms with Crippen LogP contribution in [0.3, 0.4) is 0 Å². The number of rotatable bonds is 8. The second-order valence-corrected chi connectivity index (χ2v) is 9.07. The molecule has 0 radical (unpaired) electrons. The Morgan fingerprint density at radius 3 is 2.55 bits per heavy atom. The van der Waals surface area contributed by atoms with Crippen LogP contribution in [0.15, 0.2) is 39.9 Å². The molecule has 0 atom stereocenters. The smallest absolute Gasteiger partial charge is 0.313 e. The van der Waals surface area contributed by atoms with E-state index in [2.05, 4.69) is 36.3 Å². The number of nitrogens with zero attached hydrogens (tertiary/aromatic N) is 4. The lowest BCUT2D eigenvalue weighted by Gasteiger charge is -2.33. The number of piperidine rings is 1. The molecule has 0 unspecified atom stereocenters. The van der Waals surface area contributed by atoms with E-state index in [1.165, 1.54) is 6.26 Å². The molecule has 33 heavy (non-hydrogen) atoms. The van der Waals surface area contributed by atoms with Gasteiger partial charge in [0.2, 0.25) is 5.96 Å². The monoisotopic (exact) mass is 463 g/mol. The van der Waals surface area contributed by atoms with Crippen molar-refractivity contribution in [3.63, 3.8) is 0 Å². The van der Waals surface area contributed by atoms with Gasteiger partial charge in [-0.15, -0.1) is 0 Å². The summed E-state index contributed by atoms with van der Waals surface area (Å²) in [5.41, 5.74) is 3.78. The molecule has 1 spiro atoms. The molecule has 1 aromatic heterocycles. The van der Waals surface area contributed by atoms with Crippen molar-refractivity contribution in [2.24, 2.45) is 10.9 Å². The van der Waals surface area contributed by atoms with Crippen molar-refractivity contribution in [1.82, 2.24) is 20.3 Å². The van der Waals surface area contributed by atoms with Crippen LogP contribution in [0.25, 0.3) is 0 Å². The van der Waals surface area contributed by atoms with Crippen LogP contribution in [-0.2, 0) is 17.9 Å². The number of guanidine groups is 1. The summed E-state index contributed by atoms with van der Waals surface area (Å²) in [7, 11) is 2.08. The number of halogens is 2. The van der Waals surface area contributed by atoms with Gasteiger partial charge in [-0.1, -0.05) is 26.0 Å². The highest BCUT2D eigenvalue weighted by molar-refractivity contribution is 5.80. The zero-order valence-corrected chi connectivity index (χ0v) is 19.3. The van der Waals surface area contributed by atoms with Crippen molar-refractivity contribution in [3.05, 3.63) is 47.7 Å². The number of hydrogen-bond donors (Lipinski definition) is 1. The first-order valence-corrected chi connectivity index (χ1v) is 11.2. The molecule has 0 amide bonds. The minimum atomic E-state index is -2.75. The number of aliphatic imine (C=N–C) groups is 1. The van der Waals surface area contributed by atoms with E-state index in [0.29, 0.717) is 30.7 Å². The first-order valence-electron chi connectivity index (χ1n) is 11.2. The van der Waals surface area contributed by atoms with E-state index in [1.54, 1.807) is 0 Å². The van der Waals surface area contributed by atoms with E-state index in [0.717, 1.165) is 37.2 Å². The van der Waals surface area contributed by atoms with E-state index >= 15 is 0 Å². The van der Waals surface area contributed by atoms with Crippen molar-refractivity contribution in [1.29, 1.82) is 0 Å². The maximum Gasteiger partial charge on any atom is 0.313 e. The first-order chi connectivity index (χ1) is 15.8. The average molecular weight is 464 g/mol. The van der Waals surface area contributed by atoms with E-state index in [1.807, 2.05) is 29.2 Å². The molecule has 180 valence electrons. The third-order valence-corrected chi connectivity index (χ3v) is 5.70. The molecule has 10 heteroatoms. The normalized spacial score (nSPS) is 18.1. The first kappa shape index (κ1) is 23.4. The summed E-state index contributed by atoms with van der Waals surface area (Å²) in [6.45, 7) is 7.35. The molecule has 1 N–H and O–H groups in total. The molecule has 3 heterocycles. The maximum atomic E-state index is 12.9. The number of ether oxygens (including phenoxy) is 1. The van der Waals surface area contributed by atoms with Crippen LogP contribution >= 0.6 is 0 Å². The van der Waals surface area contributed by atoms with Gasteiger partial charge in [0, 0.05) is 32.5 Å².